The number of nitrogens with zero attached hydrogens (tertiary/aromatic N) is 1. The molecule has 0 atom stereocenters. The van der Waals surface area contributed by atoms with Gasteiger partial charge in [0.2, 0.25) is 0 Å². The lowest BCUT2D eigenvalue weighted by Gasteiger charge is -2.11. The molecule has 2 N–H and O–H groups in total. The number of amides is 1. The second-order valence-corrected chi connectivity index (χ2v) is 3.23. The molecule has 1 heterocycles. The minimum Gasteiger partial charge on any atom is -0.405 e. The van der Waals surface area contributed by atoms with Crippen LogP contribution in [0.25, 0.3) is 0 Å². The Balaban J connectivity index is 3.13. The quantitative estimate of drug-likeness (QED) is 0.843. The second-order valence-electron chi connectivity index (χ2n) is 2.42. The van der Waals surface area contributed by atoms with E-state index in [4.69, 9.17) is 5.73 Å². The molecule has 8 heteroatoms. The zero-order chi connectivity index (χ0) is 11.6. The van der Waals surface area contributed by atoms with Gasteiger partial charge in [0.05, 0.1) is 5.56 Å². The number of ether oxygens (including phenoxy) is 1. The Labute approximate surface area is 90.4 Å². The second kappa shape index (κ2) is 4.05. The van der Waals surface area contributed by atoms with Crippen molar-refractivity contribution in [3.63, 3.8) is 0 Å². The number of alkyl halides is 3. The standard InChI is InChI=1S/C7H4BrF3N2O2/c8-5-1-4(15-7(9,10)11)3(2-13-5)6(12)14/h1-2H,(H2,12,14). The molecule has 1 rings (SSSR count). The van der Waals surface area contributed by atoms with Gasteiger partial charge in [-0.1, -0.05) is 0 Å². The third kappa shape index (κ3) is 3.39. The Morgan fingerprint density at radius 1 is 1.53 bits per heavy atom. The molecule has 0 aromatic carbocycles. The van der Waals surface area contributed by atoms with Crippen molar-refractivity contribution < 1.29 is 22.7 Å². The molecular weight excluding hydrogens is 281 g/mol. The summed E-state index contributed by atoms with van der Waals surface area (Å²) in [4.78, 5) is 14.3. The number of pyridine rings is 1. The van der Waals surface area contributed by atoms with Crippen molar-refractivity contribution in [2.24, 2.45) is 5.73 Å². The lowest BCUT2D eigenvalue weighted by atomic mass is 10.2. The Morgan fingerprint density at radius 3 is 2.60 bits per heavy atom. The van der Waals surface area contributed by atoms with E-state index >= 15 is 0 Å². The van der Waals surface area contributed by atoms with Crippen LogP contribution >= 0.6 is 15.9 Å². The van der Waals surface area contributed by atoms with Crippen molar-refractivity contribution in [3.8, 4) is 5.75 Å². The summed E-state index contributed by atoms with van der Waals surface area (Å²) in [7, 11) is 0. The molecule has 0 fully saturated rings. The van der Waals surface area contributed by atoms with Crippen LogP contribution < -0.4 is 10.5 Å². The molecule has 0 bridgehead atoms. The summed E-state index contributed by atoms with van der Waals surface area (Å²) in [5.41, 5.74) is 4.41. The average molecular weight is 285 g/mol. The van der Waals surface area contributed by atoms with Crippen molar-refractivity contribution in [2.45, 2.75) is 6.36 Å². The summed E-state index contributed by atoms with van der Waals surface area (Å²) in [5.74, 6) is -1.73. The van der Waals surface area contributed by atoms with Gasteiger partial charge in [-0.15, -0.1) is 13.2 Å². The normalized spacial score (nSPS) is 11.2. The first kappa shape index (κ1) is 11.8. The number of halogens is 4. The maximum atomic E-state index is 11.9. The summed E-state index contributed by atoms with van der Waals surface area (Å²) < 4.78 is 39.4. The first-order valence-corrected chi connectivity index (χ1v) is 4.30. The number of aromatic nitrogens is 1. The lowest BCUT2D eigenvalue weighted by molar-refractivity contribution is -0.274. The maximum Gasteiger partial charge on any atom is 0.573 e. The van der Waals surface area contributed by atoms with Crippen LogP contribution in [-0.2, 0) is 0 Å². The molecule has 0 saturated heterocycles. The molecule has 0 aliphatic heterocycles. The summed E-state index contributed by atoms with van der Waals surface area (Å²) >= 11 is 2.84. The van der Waals surface area contributed by atoms with E-state index in [1.165, 1.54) is 0 Å². The Hall–Kier alpha value is -1.31. The molecule has 15 heavy (non-hydrogen) atoms. The molecule has 0 radical (unpaired) electrons. The van der Waals surface area contributed by atoms with Crippen molar-refractivity contribution >= 4 is 21.8 Å². The predicted octanol–water partition coefficient (Wildman–Crippen LogP) is 1.84. The van der Waals surface area contributed by atoms with E-state index in [9.17, 15) is 18.0 Å². The van der Waals surface area contributed by atoms with E-state index in [0.717, 1.165) is 12.3 Å². The third-order valence-electron chi connectivity index (χ3n) is 1.32. The number of nitrogens with two attached hydrogens (primary N) is 1. The molecule has 82 valence electrons. The van der Waals surface area contributed by atoms with E-state index in [2.05, 4.69) is 25.7 Å². The lowest BCUT2D eigenvalue weighted by Crippen LogP contribution is -2.21. The fraction of sp³-hybridized carbons (Fsp3) is 0.143. The molecule has 1 aromatic rings. The zero-order valence-electron chi connectivity index (χ0n) is 7.01. The minimum absolute atomic E-state index is 0.103. The summed E-state index contributed by atoms with van der Waals surface area (Å²) in [6.45, 7) is 0. The van der Waals surface area contributed by atoms with Crippen LogP contribution in [0.15, 0.2) is 16.9 Å². The van der Waals surface area contributed by atoms with Crippen LogP contribution in [0.3, 0.4) is 0 Å². The van der Waals surface area contributed by atoms with Crippen LogP contribution in [0.2, 0.25) is 0 Å². The van der Waals surface area contributed by atoms with Crippen LogP contribution in [0, 0.1) is 0 Å². The average Bonchev–Trinajstić information content (AvgIpc) is 1.99. The van der Waals surface area contributed by atoms with E-state index in [-0.39, 0.29) is 4.60 Å². The number of hydrogen-bond acceptors (Lipinski definition) is 3. The van der Waals surface area contributed by atoms with Gasteiger partial charge in [0, 0.05) is 12.3 Å². The van der Waals surface area contributed by atoms with Gasteiger partial charge in [0.1, 0.15) is 10.4 Å². The Morgan fingerprint density at radius 2 is 2.13 bits per heavy atom. The largest absolute Gasteiger partial charge is 0.573 e. The summed E-state index contributed by atoms with van der Waals surface area (Å²) in [6, 6.07) is 0.910. The minimum atomic E-state index is -4.88. The van der Waals surface area contributed by atoms with Gasteiger partial charge in [-0.25, -0.2) is 4.98 Å². The topological polar surface area (TPSA) is 65.2 Å². The molecule has 0 aliphatic carbocycles. The molecule has 0 spiro atoms. The van der Waals surface area contributed by atoms with E-state index < -0.39 is 23.6 Å². The van der Waals surface area contributed by atoms with Gasteiger partial charge in [-0.3, -0.25) is 4.79 Å². The molecule has 1 aromatic heterocycles. The molecule has 0 unspecified atom stereocenters. The fourth-order valence-electron chi connectivity index (χ4n) is 0.807. The Bertz CT molecular complexity index is 394. The van der Waals surface area contributed by atoms with Crippen molar-refractivity contribution in [1.29, 1.82) is 0 Å². The van der Waals surface area contributed by atoms with Crippen molar-refractivity contribution in [2.75, 3.05) is 0 Å². The van der Waals surface area contributed by atoms with Crippen LogP contribution in [-0.4, -0.2) is 17.3 Å². The SMILES string of the molecule is NC(=O)c1cnc(Br)cc1OC(F)(F)F. The molecule has 1 amide bonds. The molecular formula is C7H4BrF3N2O2. The van der Waals surface area contributed by atoms with Crippen LogP contribution in [0.1, 0.15) is 10.4 Å². The Kier molecular flexibility index (Phi) is 3.18. The number of hydrogen-bond donors (Lipinski definition) is 1. The van der Waals surface area contributed by atoms with Crippen LogP contribution in [0.5, 0.6) is 5.75 Å². The highest BCUT2D eigenvalue weighted by molar-refractivity contribution is 9.10. The number of carbonyl (C=O) groups is 1. The molecule has 0 aliphatic rings. The highest BCUT2D eigenvalue weighted by atomic mass is 79.9. The highest BCUT2D eigenvalue weighted by Crippen LogP contribution is 2.27. The van der Waals surface area contributed by atoms with Gasteiger partial charge in [0.25, 0.3) is 5.91 Å². The summed E-state index contributed by atoms with van der Waals surface area (Å²) in [6.07, 6.45) is -3.99. The fourth-order valence-corrected chi connectivity index (χ4v) is 1.12. The maximum absolute atomic E-state index is 11.9. The van der Waals surface area contributed by atoms with E-state index in [1.54, 1.807) is 0 Å². The van der Waals surface area contributed by atoms with Gasteiger partial charge in [-0.05, 0) is 15.9 Å². The first-order valence-electron chi connectivity index (χ1n) is 3.50. The third-order valence-corrected chi connectivity index (χ3v) is 1.76. The van der Waals surface area contributed by atoms with E-state index in [0.29, 0.717) is 0 Å². The van der Waals surface area contributed by atoms with Crippen molar-refractivity contribution in [3.05, 3.63) is 22.4 Å². The highest BCUT2D eigenvalue weighted by Gasteiger charge is 2.33. The number of primary amides is 1. The smallest absolute Gasteiger partial charge is 0.405 e. The monoisotopic (exact) mass is 284 g/mol. The zero-order valence-corrected chi connectivity index (χ0v) is 8.59. The predicted molar refractivity (Wildman–Crippen MR) is 47.1 cm³/mol. The van der Waals surface area contributed by atoms with Gasteiger partial charge in [-0.2, -0.15) is 0 Å². The van der Waals surface area contributed by atoms with Crippen LogP contribution in [0.4, 0.5) is 13.2 Å². The van der Waals surface area contributed by atoms with E-state index in [1.807, 2.05) is 0 Å². The summed E-state index contributed by atoms with van der Waals surface area (Å²) in [5, 5.41) is 0. The molecule has 0 saturated carbocycles. The van der Waals surface area contributed by atoms with Gasteiger partial charge in [0.15, 0.2) is 0 Å². The van der Waals surface area contributed by atoms with Gasteiger partial charge < -0.3 is 10.5 Å². The van der Waals surface area contributed by atoms with Crippen molar-refractivity contribution in [1.82, 2.24) is 4.98 Å². The molecule has 4 nitrogen and oxygen atoms in total. The van der Waals surface area contributed by atoms with Gasteiger partial charge >= 0.3 is 6.36 Å². The number of carbonyl (C=O) groups excluding carboxylic acids is 1. The number of rotatable bonds is 2. The first-order chi connectivity index (χ1) is 6.79.